The van der Waals surface area contributed by atoms with Crippen molar-refractivity contribution >= 4 is 11.9 Å². The lowest BCUT2D eigenvalue weighted by Gasteiger charge is -2.22. The summed E-state index contributed by atoms with van der Waals surface area (Å²) in [6, 6.07) is 0.0277. The zero-order valence-electron chi connectivity index (χ0n) is 11.5. The average Bonchev–Trinajstić information content (AvgIpc) is 2.16. The summed E-state index contributed by atoms with van der Waals surface area (Å²) in [4.78, 5) is 22.6. The lowest BCUT2D eigenvalue weighted by atomic mass is 9.92. The minimum Gasteiger partial charge on any atom is -0.480 e. The van der Waals surface area contributed by atoms with Crippen molar-refractivity contribution in [2.45, 2.75) is 59.9 Å². The first-order valence-corrected chi connectivity index (χ1v) is 6.22. The normalized spacial score (nSPS) is 13.5. The van der Waals surface area contributed by atoms with Crippen molar-refractivity contribution in [3.05, 3.63) is 0 Å². The minimum atomic E-state index is -1.35. The minimum absolute atomic E-state index is 0.0277. The van der Waals surface area contributed by atoms with Crippen LogP contribution in [0.5, 0.6) is 0 Å². The predicted octanol–water partition coefficient (Wildman–Crippen LogP) is 2.43. The highest BCUT2D eigenvalue weighted by molar-refractivity contribution is 6.01. The van der Waals surface area contributed by atoms with Gasteiger partial charge >= 0.3 is 5.97 Å². The summed E-state index contributed by atoms with van der Waals surface area (Å²) >= 11 is 0. The van der Waals surface area contributed by atoms with Crippen molar-refractivity contribution in [2.24, 2.45) is 11.3 Å². The molecule has 0 fully saturated rings. The van der Waals surface area contributed by atoms with Crippen LogP contribution in [0.25, 0.3) is 0 Å². The van der Waals surface area contributed by atoms with E-state index in [1.165, 1.54) is 13.8 Å². The summed E-state index contributed by atoms with van der Waals surface area (Å²) in [6.07, 6.45) is 3.06. The highest BCUT2D eigenvalue weighted by Crippen LogP contribution is 2.16. The predicted molar refractivity (Wildman–Crippen MR) is 67.7 cm³/mol. The molecule has 0 aliphatic heterocycles. The van der Waals surface area contributed by atoms with Crippen molar-refractivity contribution < 1.29 is 14.7 Å². The smallest absolute Gasteiger partial charge is 0.318 e. The molecule has 0 aromatic carbocycles. The molecule has 0 spiro atoms. The van der Waals surface area contributed by atoms with E-state index in [0.717, 1.165) is 19.3 Å². The number of carbonyl (C=O) groups is 2. The highest BCUT2D eigenvalue weighted by Gasteiger charge is 2.36. The van der Waals surface area contributed by atoms with Gasteiger partial charge in [-0.15, -0.1) is 0 Å². The van der Waals surface area contributed by atoms with E-state index in [4.69, 9.17) is 5.11 Å². The Hall–Kier alpha value is -1.06. The van der Waals surface area contributed by atoms with Crippen molar-refractivity contribution in [3.8, 4) is 0 Å². The van der Waals surface area contributed by atoms with Crippen molar-refractivity contribution in [3.63, 3.8) is 0 Å². The fourth-order valence-electron chi connectivity index (χ4n) is 1.41. The molecular formula is C13H25NO3. The van der Waals surface area contributed by atoms with E-state index in [1.807, 2.05) is 6.92 Å². The maximum atomic E-state index is 11.7. The van der Waals surface area contributed by atoms with Gasteiger partial charge < -0.3 is 10.4 Å². The first-order chi connectivity index (χ1) is 7.67. The molecule has 0 saturated heterocycles. The number of rotatable bonds is 7. The van der Waals surface area contributed by atoms with Crippen LogP contribution in [-0.4, -0.2) is 23.0 Å². The van der Waals surface area contributed by atoms with Gasteiger partial charge in [0.25, 0.3) is 0 Å². The number of hydrogen-bond donors (Lipinski definition) is 2. The quantitative estimate of drug-likeness (QED) is 0.675. The lowest BCUT2D eigenvalue weighted by molar-refractivity contribution is -0.153. The molecule has 0 rings (SSSR count). The molecule has 0 aliphatic rings. The largest absolute Gasteiger partial charge is 0.480 e. The van der Waals surface area contributed by atoms with Gasteiger partial charge in [0.15, 0.2) is 0 Å². The van der Waals surface area contributed by atoms with E-state index in [0.29, 0.717) is 5.92 Å². The summed E-state index contributed by atoms with van der Waals surface area (Å²) in [6.45, 7) is 9.08. The van der Waals surface area contributed by atoms with E-state index >= 15 is 0 Å². The molecule has 0 bridgehead atoms. The summed E-state index contributed by atoms with van der Waals surface area (Å²) < 4.78 is 0. The molecule has 2 N–H and O–H groups in total. The third-order valence-corrected chi connectivity index (χ3v) is 2.90. The number of hydrogen-bond acceptors (Lipinski definition) is 2. The third kappa shape index (κ3) is 5.71. The van der Waals surface area contributed by atoms with Crippen molar-refractivity contribution in [2.75, 3.05) is 0 Å². The van der Waals surface area contributed by atoms with E-state index in [2.05, 4.69) is 19.2 Å². The molecule has 1 atom stereocenters. The van der Waals surface area contributed by atoms with Crippen molar-refractivity contribution in [1.29, 1.82) is 0 Å². The van der Waals surface area contributed by atoms with E-state index in [9.17, 15) is 9.59 Å². The molecule has 100 valence electrons. The van der Waals surface area contributed by atoms with Gasteiger partial charge in [-0.1, -0.05) is 26.7 Å². The van der Waals surface area contributed by atoms with E-state index < -0.39 is 17.3 Å². The number of nitrogens with one attached hydrogen (secondary N) is 1. The number of aliphatic carboxylic acids is 1. The van der Waals surface area contributed by atoms with Crippen LogP contribution in [0.15, 0.2) is 0 Å². The zero-order valence-corrected chi connectivity index (χ0v) is 11.5. The van der Waals surface area contributed by atoms with E-state index in [1.54, 1.807) is 0 Å². The first kappa shape index (κ1) is 15.9. The molecule has 1 unspecified atom stereocenters. The molecule has 0 saturated carbocycles. The van der Waals surface area contributed by atoms with E-state index in [-0.39, 0.29) is 6.04 Å². The van der Waals surface area contributed by atoms with Gasteiger partial charge in [-0.2, -0.15) is 0 Å². The van der Waals surface area contributed by atoms with Gasteiger partial charge in [-0.25, -0.2) is 0 Å². The topological polar surface area (TPSA) is 66.4 Å². The SMILES string of the molecule is CC(C)CCCC(C)NC(=O)C(C)(C)C(=O)O. The molecule has 1 amide bonds. The Bertz CT molecular complexity index is 272. The Morgan fingerprint density at radius 2 is 1.71 bits per heavy atom. The van der Waals surface area contributed by atoms with Gasteiger partial charge in [0.2, 0.25) is 5.91 Å². The summed E-state index contributed by atoms with van der Waals surface area (Å²) in [5, 5.41) is 11.7. The van der Waals surface area contributed by atoms with Crippen LogP contribution in [0.4, 0.5) is 0 Å². The zero-order chi connectivity index (χ0) is 13.6. The standard InChI is InChI=1S/C13H25NO3/c1-9(2)7-6-8-10(3)14-11(15)13(4,5)12(16)17/h9-10H,6-8H2,1-5H3,(H,14,15)(H,16,17). The van der Waals surface area contributed by atoms with Crippen LogP contribution in [-0.2, 0) is 9.59 Å². The monoisotopic (exact) mass is 243 g/mol. The van der Waals surface area contributed by atoms with Crippen LogP contribution in [0.3, 0.4) is 0 Å². The Labute approximate surface area is 104 Å². The fraction of sp³-hybridized carbons (Fsp3) is 0.846. The van der Waals surface area contributed by atoms with Crippen LogP contribution >= 0.6 is 0 Å². The molecular weight excluding hydrogens is 218 g/mol. The number of carboxylic acid groups (broad SMARTS) is 1. The van der Waals surface area contributed by atoms with Crippen LogP contribution in [0.1, 0.15) is 53.9 Å². The summed E-state index contributed by atoms with van der Waals surface area (Å²) in [7, 11) is 0. The van der Waals surface area contributed by atoms with Crippen LogP contribution in [0, 0.1) is 11.3 Å². The third-order valence-electron chi connectivity index (χ3n) is 2.90. The first-order valence-electron chi connectivity index (χ1n) is 6.22. The van der Waals surface area contributed by atoms with Gasteiger partial charge in [-0.3, -0.25) is 9.59 Å². The second kappa shape index (κ2) is 6.62. The molecule has 4 heteroatoms. The summed E-state index contributed by atoms with van der Waals surface area (Å²) in [5.41, 5.74) is -1.35. The molecule has 0 heterocycles. The Balaban J connectivity index is 4.08. The summed E-state index contributed by atoms with van der Waals surface area (Å²) in [5.74, 6) is -0.847. The maximum absolute atomic E-state index is 11.7. The van der Waals surface area contributed by atoms with Crippen molar-refractivity contribution in [1.82, 2.24) is 5.32 Å². The Kier molecular flexibility index (Phi) is 6.21. The molecule has 0 aromatic rings. The maximum Gasteiger partial charge on any atom is 0.318 e. The number of carbonyl (C=O) groups excluding carboxylic acids is 1. The fourth-order valence-corrected chi connectivity index (χ4v) is 1.41. The Morgan fingerprint density at radius 3 is 2.12 bits per heavy atom. The number of carboxylic acids is 1. The highest BCUT2D eigenvalue weighted by atomic mass is 16.4. The van der Waals surface area contributed by atoms with Crippen LogP contribution < -0.4 is 5.32 Å². The second-order valence-corrected chi connectivity index (χ2v) is 5.63. The van der Waals surface area contributed by atoms with Gasteiger partial charge in [0, 0.05) is 6.04 Å². The lowest BCUT2D eigenvalue weighted by Crippen LogP contribution is -2.45. The molecule has 0 radical (unpaired) electrons. The molecule has 0 aromatic heterocycles. The molecule has 17 heavy (non-hydrogen) atoms. The molecule has 0 aliphatic carbocycles. The average molecular weight is 243 g/mol. The van der Waals surface area contributed by atoms with Gasteiger partial charge in [0.1, 0.15) is 5.41 Å². The van der Waals surface area contributed by atoms with Gasteiger partial charge in [-0.05, 0) is 33.1 Å². The van der Waals surface area contributed by atoms with Gasteiger partial charge in [0.05, 0.1) is 0 Å². The molecule has 4 nitrogen and oxygen atoms in total. The number of amides is 1. The van der Waals surface area contributed by atoms with Crippen LogP contribution in [0.2, 0.25) is 0 Å². The Morgan fingerprint density at radius 1 is 1.18 bits per heavy atom. The second-order valence-electron chi connectivity index (χ2n) is 5.63.